The third-order valence-corrected chi connectivity index (χ3v) is 9.71. The molecule has 4 aromatic carbocycles. The molecule has 46 heavy (non-hydrogen) atoms. The lowest BCUT2D eigenvalue weighted by Crippen LogP contribution is -2.35. The van der Waals surface area contributed by atoms with E-state index in [1.807, 2.05) is 53.3 Å². The molecular formula is C33H34N4O7S2. The fourth-order valence-electron chi connectivity index (χ4n) is 4.98. The molecule has 0 spiro atoms. The van der Waals surface area contributed by atoms with Gasteiger partial charge in [-0.3, -0.25) is 19.8 Å². The molecule has 0 unspecified atom stereocenters. The zero-order valence-electron chi connectivity index (χ0n) is 25.2. The Bertz CT molecular complexity index is 1780. The molecule has 1 amide bonds. The van der Waals surface area contributed by atoms with E-state index in [0.29, 0.717) is 18.0 Å². The van der Waals surface area contributed by atoms with E-state index in [-0.39, 0.29) is 11.3 Å². The van der Waals surface area contributed by atoms with Gasteiger partial charge >= 0.3 is 0 Å². The van der Waals surface area contributed by atoms with Gasteiger partial charge in [0.05, 0.1) is 30.1 Å². The number of nitro benzene ring substituents is 1. The maximum Gasteiger partial charge on any atom is 0.293 e. The van der Waals surface area contributed by atoms with Gasteiger partial charge < -0.3 is 14.8 Å². The summed E-state index contributed by atoms with van der Waals surface area (Å²) < 4.78 is 39.2. The molecule has 240 valence electrons. The molecular weight excluding hydrogens is 629 g/mol. The Hall–Kier alpha value is -4.43. The molecule has 0 aromatic heterocycles. The van der Waals surface area contributed by atoms with Gasteiger partial charge in [-0.2, -0.15) is 0 Å². The fraction of sp³-hybridized carbons (Fsp3) is 0.242. The van der Waals surface area contributed by atoms with Crippen molar-refractivity contribution in [3.8, 4) is 16.9 Å². The number of ether oxygens (including phenoxy) is 2. The highest BCUT2D eigenvalue weighted by molar-refractivity contribution is 7.99. The maximum absolute atomic E-state index is 13.1. The molecule has 0 saturated carbocycles. The van der Waals surface area contributed by atoms with E-state index in [1.54, 1.807) is 31.0 Å². The third kappa shape index (κ3) is 8.43. The van der Waals surface area contributed by atoms with E-state index in [9.17, 15) is 23.3 Å². The molecule has 11 nitrogen and oxygen atoms in total. The Morgan fingerprint density at radius 3 is 2.43 bits per heavy atom. The number of morpholine rings is 1. The number of thioether (sulfide) groups is 1. The minimum absolute atomic E-state index is 0.110. The van der Waals surface area contributed by atoms with Gasteiger partial charge in [0.1, 0.15) is 11.4 Å². The molecule has 0 bridgehead atoms. The smallest absolute Gasteiger partial charge is 0.293 e. The van der Waals surface area contributed by atoms with Gasteiger partial charge in [0.15, 0.2) is 0 Å². The van der Waals surface area contributed by atoms with Crippen molar-refractivity contribution in [1.29, 1.82) is 0 Å². The number of rotatable bonds is 13. The summed E-state index contributed by atoms with van der Waals surface area (Å²) in [5.41, 5.74) is 2.61. The molecule has 2 N–H and O–H groups in total. The molecule has 0 aliphatic carbocycles. The van der Waals surface area contributed by atoms with Gasteiger partial charge in [-0.25, -0.2) is 13.1 Å². The highest BCUT2D eigenvalue weighted by Gasteiger charge is 2.24. The topological polar surface area (TPSA) is 140 Å². The molecule has 1 saturated heterocycles. The second-order valence-corrected chi connectivity index (χ2v) is 13.3. The zero-order valence-corrected chi connectivity index (χ0v) is 26.8. The number of carbonyl (C=O) groups excluding carboxylic acids is 1. The van der Waals surface area contributed by atoms with Crippen LogP contribution in [0.5, 0.6) is 5.75 Å². The molecule has 0 atom stereocenters. The summed E-state index contributed by atoms with van der Waals surface area (Å²) in [6.45, 7) is 4.38. The summed E-state index contributed by atoms with van der Waals surface area (Å²) in [6.07, 6.45) is 0. The first-order valence-electron chi connectivity index (χ1n) is 14.6. The lowest BCUT2D eigenvalue weighted by atomic mass is 10.0. The van der Waals surface area contributed by atoms with Crippen LogP contribution in [0.3, 0.4) is 0 Å². The Balaban J connectivity index is 1.23. The first-order valence-corrected chi connectivity index (χ1v) is 17.0. The number of nitrogens with one attached hydrogen (secondary N) is 2. The van der Waals surface area contributed by atoms with Crippen LogP contribution in [0.25, 0.3) is 11.1 Å². The van der Waals surface area contributed by atoms with Crippen LogP contribution in [-0.4, -0.2) is 69.9 Å². The lowest BCUT2D eigenvalue weighted by Gasteiger charge is -2.26. The molecule has 1 fully saturated rings. The number of anilines is 1. The van der Waals surface area contributed by atoms with Gasteiger partial charge in [-0.05, 0) is 53.6 Å². The summed E-state index contributed by atoms with van der Waals surface area (Å²) in [7, 11) is -2.80. The second kappa shape index (κ2) is 15.2. The Labute approximate surface area is 272 Å². The predicted molar refractivity (Wildman–Crippen MR) is 178 cm³/mol. The van der Waals surface area contributed by atoms with Crippen LogP contribution in [0.2, 0.25) is 0 Å². The third-order valence-electron chi connectivity index (χ3n) is 7.37. The number of benzene rings is 4. The summed E-state index contributed by atoms with van der Waals surface area (Å²) in [5.74, 6) is 0.463. The Morgan fingerprint density at radius 1 is 1.00 bits per heavy atom. The minimum Gasteiger partial charge on any atom is -0.496 e. The van der Waals surface area contributed by atoms with Crippen LogP contribution in [0.4, 0.5) is 11.4 Å². The lowest BCUT2D eigenvalue weighted by molar-refractivity contribution is -0.384. The van der Waals surface area contributed by atoms with Crippen molar-refractivity contribution < 1.29 is 27.6 Å². The average Bonchev–Trinajstić information content (AvgIpc) is 3.07. The molecule has 1 aliphatic heterocycles. The highest BCUT2D eigenvalue weighted by Crippen LogP contribution is 2.32. The van der Waals surface area contributed by atoms with Crippen LogP contribution in [0, 0.1) is 10.1 Å². The quantitative estimate of drug-likeness (QED) is 0.0825. The number of amides is 1. The van der Waals surface area contributed by atoms with Crippen LogP contribution in [0.1, 0.15) is 15.9 Å². The Kier molecular flexibility index (Phi) is 10.9. The average molecular weight is 663 g/mol. The van der Waals surface area contributed by atoms with Crippen molar-refractivity contribution in [2.24, 2.45) is 0 Å². The maximum atomic E-state index is 13.1. The van der Waals surface area contributed by atoms with Crippen LogP contribution in [-0.2, 0) is 21.3 Å². The van der Waals surface area contributed by atoms with Crippen molar-refractivity contribution in [3.63, 3.8) is 0 Å². The van der Waals surface area contributed by atoms with E-state index in [4.69, 9.17) is 9.47 Å². The van der Waals surface area contributed by atoms with Crippen LogP contribution in [0.15, 0.2) is 101 Å². The SMILES string of the molecule is COc1cc(CN2CCOCC2)ccc1-c1ccc(C(=O)NS(=O)(=O)c2ccc(NCCSc3ccccc3)c([N+](=O)[O-])c2)cc1. The zero-order chi connectivity index (χ0) is 32.5. The minimum atomic E-state index is -4.40. The van der Waals surface area contributed by atoms with Crippen molar-refractivity contribution in [1.82, 2.24) is 9.62 Å². The van der Waals surface area contributed by atoms with Crippen LogP contribution < -0.4 is 14.8 Å². The van der Waals surface area contributed by atoms with E-state index < -0.39 is 31.4 Å². The largest absolute Gasteiger partial charge is 0.496 e. The number of carbonyl (C=O) groups is 1. The van der Waals surface area contributed by atoms with Crippen molar-refractivity contribution in [3.05, 3.63) is 112 Å². The van der Waals surface area contributed by atoms with Gasteiger partial charge in [-0.1, -0.05) is 42.5 Å². The molecule has 0 radical (unpaired) electrons. The first kappa shape index (κ1) is 32.9. The normalized spacial score (nSPS) is 13.6. The standard InChI is InChI=1S/C33H34N4O7S2/c1-43-32-21-24(23-36-16-18-44-19-17-36)7-13-29(32)25-8-10-26(11-9-25)33(38)35-46(41,42)28-12-14-30(31(22-28)37(39)40)34-15-20-45-27-5-3-2-4-6-27/h2-14,21-22,34H,15-20,23H2,1H3,(H,35,38). The van der Waals surface area contributed by atoms with Crippen molar-refractivity contribution in [2.45, 2.75) is 16.3 Å². The number of sulfonamides is 1. The molecule has 4 aromatic rings. The van der Waals surface area contributed by atoms with E-state index in [2.05, 4.69) is 10.2 Å². The van der Waals surface area contributed by atoms with Gasteiger partial charge in [0, 0.05) is 54.0 Å². The second-order valence-electron chi connectivity index (χ2n) is 10.5. The summed E-state index contributed by atoms with van der Waals surface area (Å²) in [6, 6.07) is 25.7. The number of hydrogen-bond acceptors (Lipinski definition) is 10. The monoisotopic (exact) mass is 662 g/mol. The first-order chi connectivity index (χ1) is 22.2. The Morgan fingerprint density at radius 2 is 1.74 bits per heavy atom. The molecule has 1 heterocycles. The number of hydrogen-bond donors (Lipinski definition) is 2. The van der Waals surface area contributed by atoms with E-state index >= 15 is 0 Å². The van der Waals surface area contributed by atoms with Gasteiger partial charge in [0.2, 0.25) is 0 Å². The summed E-state index contributed by atoms with van der Waals surface area (Å²) in [5, 5.41) is 14.8. The van der Waals surface area contributed by atoms with Crippen LogP contribution >= 0.6 is 11.8 Å². The number of nitro groups is 1. The summed E-state index contributed by atoms with van der Waals surface area (Å²) in [4.78, 5) is 27.0. The van der Waals surface area contributed by atoms with Crippen molar-refractivity contribution >= 4 is 39.1 Å². The molecule has 1 aliphatic rings. The van der Waals surface area contributed by atoms with Gasteiger partial charge in [0.25, 0.3) is 21.6 Å². The predicted octanol–water partition coefficient (Wildman–Crippen LogP) is 5.43. The van der Waals surface area contributed by atoms with E-state index in [1.165, 1.54) is 24.3 Å². The summed E-state index contributed by atoms with van der Waals surface area (Å²) >= 11 is 1.59. The van der Waals surface area contributed by atoms with Gasteiger partial charge in [-0.15, -0.1) is 11.8 Å². The molecule has 5 rings (SSSR count). The van der Waals surface area contributed by atoms with E-state index in [0.717, 1.165) is 60.5 Å². The highest BCUT2D eigenvalue weighted by atomic mass is 32.2. The molecule has 13 heteroatoms. The van der Waals surface area contributed by atoms with Crippen molar-refractivity contribution in [2.75, 3.05) is 51.0 Å². The number of nitrogens with zero attached hydrogens (tertiary/aromatic N) is 2. The number of methoxy groups -OCH3 is 1. The fourth-order valence-corrected chi connectivity index (χ4v) is 6.76.